The van der Waals surface area contributed by atoms with Crippen LogP contribution in [0, 0.1) is 6.92 Å². The number of carbonyl (C=O) groups excluding carboxylic acids is 1. The molecule has 0 fully saturated rings. The molecule has 0 bridgehead atoms. The lowest BCUT2D eigenvalue weighted by atomic mass is 10.2. The van der Waals surface area contributed by atoms with Crippen LogP contribution in [0.15, 0.2) is 22.7 Å². The average Bonchev–Trinajstić information content (AvgIpc) is 2.29. The molecule has 1 aromatic carbocycles. The summed E-state index contributed by atoms with van der Waals surface area (Å²) in [5, 5.41) is 0. The van der Waals surface area contributed by atoms with Crippen molar-refractivity contribution >= 4 is 21.8 Å². The molecule has 0 spiro atoms. The van der Waals surface area contributed by atoms with Gasteiger partial charge in [0.15, 0.2) is 6.61 Å². The fourth-order valence-corrected chi connectivity index (χ4v) is 1.49. The van der Waals surface area contributed by atoms with Crippen molar-refractivity contribution in [1.82, 2.24) is 4.90 Å². The second-order valence-corrected chi connectivity index (χ2v) is 5.15. The van der Waals surface area contributed by atoms with Gasteiger partial charge in [-0.2, -0.15) is 0 Å². The zero-order valence-electron chi connectivity index (χ0n) is 10.7. The van der Waals surface area contributed by atoms with Gasteiger partial charge < -0.3 is 9.64 Å². The van der Waals surface area contributed by atoms with Crippen molar-refractivity contribution in [3.63, 3.8) is 0 Å². The van der Waals surface area contributed by atoms with Crippen LogP contribution in [0.2, 0.25) is 0 Å². The molecule has 0 aromatic heterocycles. The molecule has 0 heterocycles. The van der Waals surface area contributed by atoms with E-state index in [9.17, 15) is 4.79 Å². The van der Waals surface area contributed by atoms with Gasteiger partial charge in [0.1, 0.15) is 5.75 Å². The molecule has 1 amide bonds. The van der Waals surface area contributed by atoms with Crippen LogP contribution in [0.3, 0.4) is 0 Å². The van der Waals surface area contributed by atoms with Crippen molar-refractivity contribution in [2.45, 2.75) is 26.8 Å². The minimum atomic E-state index is -0.0134. The van der Waals surface area contributed by atoms with Crippen molar-refractivity contribution in [3.05, 3.63) is 28.2 Å². The van der Waals surface area contributed by atoms with Crippen molar-refractivity contribution in [1.29, 1.82) is 0 Å². The lowest BCUT2D eigenvalue weighted by molar-refractivity contribution is -0.133. The quantitative estimate of drug-likeness (QED) is 0.855. The number of aryl methyl sites for hydroxylation is 1. The van der Waals surface area contributed by atoms with Gasteiger partial charge in [-0.05, 0) is 44.5 Å². The summed E-state index contributed by atoms with van der Waals surface area (Å²) in [6.07, 6.45) is 0. The van der Waals surface area contributed by atoms with Crippen LogP contribution < -0.4 is 4.74 Å². The second kappa shape index (κ2) is 6.05. The van der Waals surface area contributed by atoms with Gasteiger partial charge in [-0.15, -0.1) is 0 Å². The fraction of sp³-hybridized carbons (Fsp3) is 0.462. The van der Waals surface area contributed by atoms with Gasteiger partial charge in [0.05, 0.1) is 0 Å². The first-order valence-corrected chi connectivity index (χ1v) is 6.35. The summed E-state index contributed by atoms with van der Waals surface area (Å²) in [5.41, 5.74) is 1.09. The highest BCUT2D eigenvalue weighted by Gasteiger charge is 2.12. The normalized spacial score (nSPS) is 10.5. The highest BCUT2D eigenvalue weighted by molar-refractivity contribution is 9.10. The molecule has 0 saturated heterocycles. The monoisotopic (exact) mass is 299 g/mol. The maximum Gasteiger partial charge on any atom is 0.260 e. The zero-order valence-corrected chi connectivity index (χ0v) is 12.2. The minimum Gasteiger partial charge on any atom is -0.484 e. The number of carbonyl (C=O) groups is 1. The third-order valence-corrected chi connectivity index (χ3v) is 3.55. The summed E-state index contributed by atoms with van der Waals surface area (Å²) in [4.78, 5) is 13.4. The Labute approximate surface area is 111 Å². The number of likely N-dealkylation sites (N-methyl/N-ethyl adjacent to an activating group) is 1. The summed E-state index contributed by atoms with van der Waals surface area (Å²) < 4.78 is 6.50. The molecular weight excluding hydrogens is 282 g/mol. The Morgan fingerprint density at radius 3 is 2.65 bits per heavy atom. The Morgan fingerprint density at radius 1 is 1.47 bits per heavy atom. The zero-order chi connectivity index (χ0) is 13.0. The molecule has 1 rings (SSSR count). The van der Waals surface area contributed by atoms with Crippen LogP contribution in [0.1, 0.15) is 19.4 Å². The number of hydrogen-bond acceptors (Lipinski definition) is 2. The highest BCUT2D eigenvalue weighted by Crippen LogP contribution is 2.21. The number of amides is 1. The Morgan fingerprint density at radius 2 is 2.12 bits per heavy atom. The maximum atomic E-state index is 11.7. The first-order valence-electron chi connectivity index (χ1n) is 5.56. The first kappa shape index (κ1) is 14.0. The van der Waals surface area contributed by atoms with Gasteiger partial charge in [-0.25, -0.2) is 0 Å². The molecule has 0 aliphatic carbocycles. The number of rotatable bonds is 4. The van der Waals surface area contributed by atoms with E-state index in [1.165, 1.54) is 0 Å². The van der Waals surface area contributed by atoms with Gasteiger partial charge >= 0.3 is 0 Å². The Bertz CT molecular complexity index is 404. The summed E-state index contributed by atoms with van der Waals surface area (Å²) in [7, 11) is 1.78. The van der Waals surface area contributed by atoms with E-state index < -0.39 is 0 Å². The minimum absolute atomic E-state index is 0.0134. The lowest BCUT2D eigenvalue weighted by Crippen LogP contribution is -2.36. The Kier molecular flexibility index (Phi) is 5.00. The van der Waals surface area contributed by atoms with Crippen LogP contribution in [-0.2, 0) is 4.79 Å². The molecule has 1 aromatic rings. The number of nitrogens with zero attached hydrogens (tertiary/aromatic N) is 1. The average molecular weight is 300 g/mol. The largest absolute Gasteiger partial charge is 0.484 e. The Hall–Kier alpha value is -1.03. The standard InChI is InChI=1S/C13H18BrNO2/c1-9(2)15(4)13(16)8-17-11-5-6-12(14)10(3)7-11/h5-7,9H,8H2,1-4H3. The Balaban J connectivity index is 2.56. The van der Waals surface area contributed by atoms with Crippen LogP contribution in [0.5, 0.6) is 5.75 Å². The van der Waals surface area contributed by atoms with Crippen molar-refractivity contribution in [2.24, 2.45) is 0 Å². The van der Waals surface area contributed by atoms with E-state index in [0.29, 0.717) is 0 Å². The van der Waals surface area contributed by atoms with Gasteiger partial charge in [-0.3, -0.25) is 4.79 Å². The van der Waals surface area contributed by atoms with E-state index in [-0.39, 0.29) is 18.6 Å². The molecule has 0 aliphatic heterocycles. The van der Waals surface area contributed by atoms with E-state index in [2.05, 4.69) is 15.9 Å². The predicted molar refractivity (Wildman–Crippen MR) is 72.3 cm³/mol. The first-order chi connectivity index (χ1) is 7.91. The van der Waals surface area contributed by atoms with Crippen LogP contribution >= 0.6 is 15.9 Å². The molecule has 4 heteroatoms. The maximum absolute atomic E-state index is 11.7. The van der Waals surface area contributed by atoms with E-state index in [0.717, 1.165) is 15.8 Å². The topological polar surface area (TPSA) is 29.5 Å². The molecule has 0 N–H and O–H groups in total. The van der Waals surface area contributed by atoms with Crippen molar-refractivity contribution in [3.8, 4) is 5.75 Å². The molecule has 0 unspecified atom stereocenters. The highest BCUT2D eigenvalue weighted by atomic mass is 79.9. The van der Waals surface area contributed by atoms with E-state index in [1.54, 1.807) is 11.9 Å². The van der Waals surface area contributed by atoms with Crippen LogP contribution in [-0.4, -0.2) is 30.5 Å². The SMILES string of the molecule is Cc1cc(OCC(=O)N(C)C(C)C)ccc1Br. The molecule has 0 atom stereocenters. The van der Waals surface area contributed by atoms with Gasteiger partial charge in [0.2, 0.25) is 0 Å². The van der Waals surface area contributed by atoms with E-state index in [4.69, 9.17) is 4.74 Å². The third kappa shape index (κ3) is 4.04. The molecule has 0 saturated carbocycles. The number of benzene rings is 1. The number of ether oxygens (including phenoxy) is 1. The summed E-state index contributed by atoms with van der Waals surface area (Å²) in [6.45, 7) is 6.01. The van der Waals surface area contributed by atoms with Gasteiger partial charge in [0, 0.05) is 17.6 Å². The van der Waals surface area contributed by atoms with Crippen molar-refractivity contribution in [2.75, 3.05) is 13.7 Å². The summed E-state index contributed by atoms with van der Waals surface area (Å²) >= 11 is 3.42. The lowest BCUT2D eigenvalue weighted by Gasteiger charge is -2.21. The molecule has 0 aliphatic rings. The predicted octanol–water partition coefficient (Wildman–Crippen LogP) is 3.00. The molecular formula is C13H18BrNO2. The number of halogens is 1. The van der Waals surface area contributed by atoms with E-state index >= 15 is 0 Å². The second-order valence-electron chi connectivity index (χ2n) is 4.30. The molecule has 17 heavy (non-hydrogen) atoms. The molecule has 94 valence electrons. The van der Waals surface area contributed by atoms with Crippen molar-refractivity contribution < 1.29 is 9.53 Å². The number of hydrogen-bond donors (Lipinski definition) is 0. The summed E-state index contributed by atoms with van der Waals surface area (Å²) in [5.74, 6) is 0.705. The van der Waals surface area contributed by atoms with E-state index in [1.807, 2.05) is 39.0 Å². The smallest absolute Gasteiger partial charge is 0.260 e. The van der Waals surface area contributed by atoms with Crippen LogP contribution in [0.4, 0.5) is 0 Å². The van der Waals surface area contributed by atoms with Gasteiger partial charge in [-0.1, -0.05) is 15.9 Å². The fourth-order valence-electron chi connectivity index (χ4n) is 1.24. The van der Waals surface area contributed by atoms with Crippen LogP contribution in [0.25, 0.3) is 0 Å². The molecule has 3 nitrogen and oxygen atoms in total. The summed E-state index contributed by atoms with van der Waals surface area (Å²) in [6, 6.07) is 5.87. The van der Waals surface area contributed by atoms with Gasteiger partial charge in [0.25, 0.3) is 5.91 Å². The third-order valence-electron chi connectivity index (χ3n) is 2.66. The molecule has 0 radical (unpaired) electrons.